The van der Waals surface area contributed by atoms with Crippen molar-refractivity contribution in [3.63, 3.8) is 0 Å². The molecule has 2 aromatic rings. The zero-order valence-corrected chi connectivity index (χ0v) is 11.6. The molecule has 20 heavy (non-hydrogen) atoms. The zero-order chi connectivity index (χ0) is 14.1. The van der Waals surface area contributed by atoms with Crippen LogP contribution < -0.4 is 5.32 Å². The Balaban J connectivity index is 1.65. The first-order valence-corrected chi connectivity index (χ1v) is 6.79. The molecule has 1 aliphatic carbocycles. The van der Waals surface area contributed by atoms with Gasteiger partial charge in [0.2, 0.25) is 0 Å². The van der Waals surface area contributed by atoms with Crippen molar-refractivity contribution in [2.45, 2.75) is 39.2 Å². The molecule has 0 aromatic carbocycles. The first kappa shape index (κ1) is 12.8. The Morgan fingerprint density at radius 2 is 2.15 bits per heavy atom. The van der Waals surface area contributed by atoms with Crippen molar-refractivity contribution < 1.29 is 9.21 Å². The molecule has 104 valence electrons. The molecule has 0 saturated heterocycles. The highest BCUT2D eigenvalue weighted by atomic mass is 16.3. The number of carbonyl (C=O) groups is 1. The number of nitrogens with one attached hydrogen (secondary N) is 1. The molecule has 5 nitrogen and oxygen atoms in total. The van der Waals surface area contributed by atoms with Crippen LogP contribution in [0.15, 0.2) is 22.9 Å². The molecular formula is C15H17N3O2. The van der Waals surface area contributed by atoms with Gasteiger partial charge in [-0.05, 0) is 38.8 Å². The SMILES string of the molecule is Cc1cc(C(=O)NCc2cc(C3CC3)ncn2)c(C)o1. The second-order valence-electron chi connectivity index (χ2n) is 5.22. The van der Waals surface area contributed by atoms with Gasteiger partial charge in [0.05, 0.1) is 17.8 Å². The van der Waals surface area contributed by atoms with Gasteiger partial charge in [0, 0.05) is 11.6 Å². The predicted octanol–water partition coefficient (Wildman–Crippen LogP) is 2.49. The fraction of sp³-hybridized carbons (Fsp3) is 0.400. The van der Waals surface area contributed by atoms with E-state index in [4.69, 9.17) is 4.42 Å². The number of aromatic nitrogens is 2. The second kappa shape index (κ2) is 5.07. The third-order valence-electron chi connectivity index (χ3n) is 3.46. The minimum absolute atomic E-state index is 0.133. The number of nitrogens with zero attached hydrogens (tertiary/aromatic N) is 2. The normalized spacial score (nSPS) is 14.3. The number of hydrogen-bond acceptors (Lipinski definition) is 4. The van der Waals surface area contributed by atoms with Crippen molar-refractivity contribution in [2.24, 2.45) is 0 Å². The minimum Gasteiger partial charge on any atom is -0.466 e. The Morgan fingerprint density at radius 1 is 1.35 bits per heavy atom. The lowest BCUT2D eigenvalue weighted by Gasteiger charge is -2.05. The summed E-state index contributed by atoms with van der Waals surface area (Å²) >= 11 is 0. The molecular weight excluding hydrogens is 254 g/mol. The maximum Gasteiger partial charge on any atom is 0.255 e. The van der Waals surface area contributed by atoms with Gasteiger partial charge in [-0.15, -0.1) is 0 Å². The molecule has 2 aromatic heterocycles. The molecule has 1 aliphatic rings. The van der Waals surface area contributed by atoms with Crippen LogP contribution in [-0.2, 0) is 6.54 Å². The summed E-state index contributed by atoms with van der Waals surface area (Å²) in [7, 11) is 0. The molecule has 0 spiro atoms. The van der Waals surface area contributed by atoms with E-state index < -0.39 is 0 Å². The Morgan fingerprint density at radius 3 is 2.80 bits per heavy atom. The average Bonchev–Trinajstić information content (AvgIpc) is 3.22. The van der Waals surface area contributed by atoms with E-state index >= 15 is 0 Å². The van der Waals surface area contributed by atoms with Gasteiger partial charge in [-0.1, -0.05) is 0 Å². The number of furan rings is 1. The highest BCUT2D eigenvalue weighted by Gasteiger charge is 2.25. The predicted molar refractivity (Wildman–Crippen MR) is 73.4 cm³/mol. The summed E-state index contributed by atoms with van der Waals surface area (Å²) in [6.07, 6.45) is 3.98. The van der Waals surface area contributed by atoms with Crippen LogP contribution in [0.25, 0.3) is 0 Å². The quantitative estimate of drug-likeness (QED) is 0.927. The van der Waals surface area contributed by atoms with E-state index in [2.05, 4.69) is 15.3 Å². The number of carbonyl (C=O) groups excluding carboxylic acids is 1. The van der Waals surface area contributed by atoms with E-state index in [0.29, 0.717) is 23.8 Å². The minimum atomic E-state index is -0.133. The lowest BCUT2D eigenvalue weighted by Crippen LogP contribution is -2.23. The van der Waals surface area contributed by atoms with Gasteiger partial charge in [0.15, 0.2) is 0 Å². The molecule has 2 heterocycles. The Labute approximate surface area is 117 Å². The maximum atomic E-state index is 12.1. The van der Waals surface area contributed by atoms with Crippen LogP contribution in [0.2, 0.25) is 0 Å². The molecule has 1 N–H and O–H groups in total. The number of hydrogen-bond donors (Lipinski definition) is 1. The van der Waals surface area contributed by atoms with Gasteiger partial charge in [0.25, 0.3) is 5.91 Å². The monoisotopic (exact) mass is 271 g/mol. The molecule has 0 atom stereocenters. The van der Waals surface area contributed by atoms with Crippen LogP contribution in [-0.4, -0.2) is 15.9 Å². The molecule has 0 radical (unpaired) electrons. The van der Waals surface area contributed by atoms with E-state index in [1.165, 1.54) is 12.8 Å². The lowest BCUT2D eigenvalue weighted by atomic mass is 10.2. The van der Waals surface area contributed by atoms with Crippen molar-refractivity contribution in [3.8, 4) is 0 Å². The first-order valence-electron chi connectivity index (χ1n) is 6.79. The van der Waals surface area contributed by atoms with Crippen molar-refractivity contribution in [1.82, 2.24) is 15.3 Å². The molecule has 1 amide bonds. The summed E-state index contributed by atoms with van der Waals surface area (Å²) < 4.78 is 5.36. The molecule has 0 unspecified atom stereocenters. The smallest absolute Gasteiger partial charge is 0.255 e. The van der Waals surface area contributed by atoms with Crippen LogP contribution in [0.5, 0.6) is 0 Å². The third kappa shape index (κ3) is 2.71. The van der Waals surface area contributed by atoms with Crippen molar-refractivity contribution in [2.75, 3.05) is 0 Å². The third-order valence-corrected chi connectivity index (χ3v) is 3.46. The van der Waals surface area contributed by atoms with E-state index in [1.54, 1.807) is 19.3 Å². The average molecular weight is 271 g/mol. The van der Waals surface area contributed by atoms with Crippen molar-refractivity contribution in [1.29, 1.82) is 0 Å². The van der Waals surface area contributed by atoms with Gasteiger partial charge >= 0.3 is 0 Å². The number of amides is 1. The summed E-state index contributed by atoms with van der Waals surface area (Å²) in [5, 5.41) is 2.87. The summed E-state index contributed by atoms with van der Waals surface area (Å²) in [5.74, 6) is 1.84. The summed E-state index contributed by atoms with van der Waals surface area (Å²) in [5.41, 5.74) is 2.51. The van der Waals surface area contributed by atoms with Gasteiger partial charge in [-0.2, -0.15) is 0 Å². The van der Waals surface area contributed by atoms with E-state index in [9.17, 15) is 4.79 Å². The maximum absolute atomic E-state index is 12.1. The molecule has 1 fully saturated rings. The second-order valence-corrected chi connectivity index (χ2v) is 5.22. The van der Waals surface area contributed by atoms with Crippen LogP contribution in [0.4, 0.5) is 0 Å². The zero-order valence-electron chi connectivity index (χ0n) is 11.6. The number of aryl methyl sites for hydroxylation is 2. The largest absolute Gasteiger partial charge is 0.466 e. The van der Waals surface area contributed by atoms with Crippen molar-refractivity contribution in [3.05, 3.63) is 46.9 Å². The van der Waals surface area contributed by atoms with Crippen LogP contribution in [0, 0.1) is 13.8 Å². The van der Waals surface area contributed by atoms with Gasteiger partial charge < -0.3 is 9.73 Å². The highest BCUT2D eigenvalue weighted by Crippen LogP contribution is 2.38. The molecule has 3 rings (SSSR count). The Hall–Kier alpha value is -2.17. The first-order chi connectivity index (χ1) is 9.63. The van der Waals surface area contributed by atoms with Gasteiger partial charge in [0.1, 0.15) is 17.8 Å². The number of rotatable bonds is 4. The van der Waals surface area contributed by atoms with Gasteiger partial charge in [-0.25, -0.2) is 9.97 Å². The fourth-order valence-corrected chi connectivity index (χ4v) is 2.24. The molecule has 0 aliphatic heterocycles. The standard InChI is InChI=1S/C15H17N3O2/c1-9-5-13(10(2)20-9)15(19)16-7-12-6-14(11-3-4-11)18-8-17-12/h5-6,8,11H,3-4,7H2,1-2H3,(H,16,19). The molecule has 1 saturated carbocycles. The molecule has 0 bridgehead atoms. The summed E-state index contributed by atoms with van der Waals surface area (Å²) in [4.78, 5) is 20.5. The van der Waals surface area contributed by atoms with Crippen molar-refractivity contribution >= 4 is 5.91 Å². The van der Waals surface area contributed by atoms with Crippen LogP contribution >= 0.6 is 0 Å². The molecule has 5 heteroatoms. The van der Waals surface area contributed by atoms with E-state index in [-0.39, 0.29) is 5.91 Å². The summed E-state index contributed by atoms with van der Waals surface area (Å²) in [6, 6.07) is 3.73. The van der Waals surface area contributed by atoms with Crippen LogP contribution in [0.1, 0.15) is 52.0 Å². The van der Waals surface area contributed by atoms with E-state index in [0.717, 1.165) is 17.1 Å². The Kier molecular flexibility index (Phi) is 3.26. The Bertz CT molecular complexity index is 644. The topological polar surface area (TPSA) is 68.0 Å². The van der Waals surface area contributed by atoms with Crippen LogP contribution in [0.3, 0.4) is 0 Å². The summed E-state index contributed by atoms with van der Waals surface area (Å²) in [6.45, 7) is 4.03. The van der Waals surface area contributed by atoms with Gasteiger partial charge in [-0.3, -0.25) is 4.79 Å². The fourth-order valence-electron chi connectivity index (χ4n) is 2.24. The van der Waals surface area contributed by atoms with E-state index in [1.807, 2.05) is 13.0 Å². The lowest BCUT2D eigenvalue weighted by molar-refractivity contribution is 0.0949. The highest BCUT2D eigenvalue weighted by molar-refractivity contribution is 5.95.